The van der Waals surface area contributed by atoms with Crippen molar-refractivity contribution in [3.8, 4) is 0 Å². The molecule has 0 unspecified atom stereocenters. The molecule has 1 aromatic carbocycles. The van der Waals surface area contributed by atoms with Crippen molar-refractivity contribution in [2.24, 2.45) is 0 Å². The predicted octanol–water partition coefficient (Wildman–Crippen LogP) is 1.05. The van der Waals surface area contributed by atoms with Gasteiger partial charge in [-0.2, -0.15) is 13.2 Å². The summed E-state index contributed by atoms with van der Waals surface area (Å²) < 4.78 is 63.8. The molecule has 0 fully saturated rings. The monoisotopic (exact) mass is 367 g/mol. The van der Waals surface area contributed by atoms with Gasteiger partial charge in [-0.1, -0.05) is 6.07 Å². The summed E-state index contributed by atoms with van der Waals surface area (Å²) in [6.45, 7) is 0.596. The smallest absolute Gasteiger partial charge is 0.355 e. The molecule has 0 radical (unpaired) electrons. The molecule has 136 valence electrons. The zero-order chi connectivity index (χ0) is 18.4. The van der Waals surface area contributed by atoms with E-state index in [-0.39, 0.29) is 0 Å². The second kappa shape index (κ2) is 8.45. The van der Waals surface area contributed by atoms with Gasteiger partial charge in [-0.15, -0.1) is 0 Å². The quantitative estimate of drug-likeness (QED) is 0.674. The first-order chi connectivity index (χ1) is 11.0. The van der Waals surface area contributed by atoms with Crippen molar-refractivity contribution >= 4 is 15.9 Å². The Labute approximate surface area is 139 Å². The molecule has 0 aromatic heterocycles. The van der Waals surface area contributed by atoms with E-state index in [9.17, 15) is 26.4 Å². The van der Waals surface area contributed by atoms with Gasteiger partial charge in [-0.3, -0.25) is 4.79 Å². The van der Waals surface area contributed by atoms with E-state index in [0.717, 1.165) is 24.7 Å². The Hall–Kier alpha value is -1.65. The van der Waals surface area contributed by atoms with Crippen molar-refractivity contribution in [3.63, 3.8) is 0 Å². The number of carbonyl (C=O) groups excluding carboxylic acids is 1. The lowest BCUT2D eigenvalue weighted by molar-refractivity contribution is -0.137. The van der Waals surface area contributed by atoms with Crippen molar-refractivity contribution in [2.75, 3.05) is 33.7 Å². The molecule has 0 atom stereocenters. The zero-order valence-corrected chi connectivity index (χ0v) is 14.2. The van der Waals surface area contributed by atoms with Crippen molar-refractivity contribution in [3.05, 3.63) is 29.8 Å². The topological polar surface area (TPSA) is 78.5 Å². The maximum Gasteiger partial charge on any atom is 0.416 e. The molecule has 1 aromatic rings. The van der Waals surface area contributed by atoms with Gasteiger partial charge in [-0.25, -0.2) is 13.1 Å². The summed E-state index contributed by atoms with van der Waals surface area (Å²) in [7, 11) is -0.441. The predicted molar refractivity (Wildman–Crippen MR) is 82.8 cm³/mol. The largest absolute Gasteiger partial charge is 0.416 e. The second-order valence-electron chi connectivity index (χ2n) is 5.36. The van der Waals surface area contributed by atoms with Gasteiger partial charge in [0, 0.05) is 6.54 Å². The Morgan fingerprint density at radius 2 is 1.92 bits per heavy atom. The number of nitrogens with zero attached hydrogens (tertiary/aromatic N) is 1. The molecule has 0 bridgehead atoms. The van der Waals surface area contributed by atoms with Gasteiger partial charge in [-0.05, 0) is 45.3 Å². The normalized spacial score (nSPS) is 12.4. The first-order valence-corrected chi connectivity index (χ1v) is 8.59. The van der Waals surface area contributed by atoms with Gasteiger partial charge in [0.25, 0.3) is 0 Å². The number of alkyl halides is 3. The highest BCUT2D eigenvalue weighted by Gasteiger charge is 2.31. The lowest BCUT2D eigenvalue weighted by atomic mass is 10.2. The van der Waals surface area contributed by atoms with E-state index in [4.69, 9.17) is 0 Å². The molecule has 0 saturated carbocycles. The zero-order valence-electron chi connectivity index (χ0n) is 13.4. The Bertz CT molecular complexity index is 661. The Balaban J connectivity index is 2.59. The van der Waals surface area contributed by atoms with Crippen molar-refractivity contribution in [1.29, 1.82) is 0 Å². The summed E-state index contributed by atoms with van der Waals surface area (Å²) in [6, 6.07) is 3.33. The van der Waals surface area contributed by atoms with Crippen LogP contribution < -0.4 is 10.0 Å². The molecule has 0 aliphatic carbocycles. The molecule has 0 spiro atoms. The van der Waals surface area contributed by atoms with E-state index in [0.29, 0.717) is 19.0 Å². The maximum absolute atomic E-state index is 12.6. The molecule has 0 aliphatic heterocycles. The van der Waals surface area contributed by atoms with Crippen LogP contribution in [0, 0.1) is 0 Å². The third-order valence-electron chi connectivity index (χ3n) is 3.00. The van der Waals surface area contributed by atoms with Crippen LogP contribution >= 0.6 is 0 Å². The van der Waals surface area contributed by atoms with Crippen molar-refractivity contribution in [2.45, 2.75) is 17.5 Å². The van der Waals surface area contributed by atoms with E-state index in [1.165, 1.54) is 0 Å². The molecule has 24 heavy (non-hydrogen) atoms. The van der Waals surface area contributed by atoms with Crippen LogP contribution in [0.3, 0.4) is 0 Å². The van der Waals surface area contributed by atoms with E-state index < -0.39 is 39.1 Å². The number of benzene rings is 1. The van der Waals surface area contributed by atoms with Gasteiger partial charge in [0.1, 0.15) is 0 Å². The second-order valence-corrected chi connectivity index (χ2v) is 7.12. The molecule has 1 rings (SSSR count). The average Bonchev–Trinajstić information content (AvgIpc) is 2.49. The summed E-state index contributed by atoms with van der Waals surface area (Å²) in [5, 5.41) is 2.53. The van der Waals surface area contributed by atoms with Crippen LogP contribution in [0.1, 0.15) is 12.0 Å². The number of sulfonamides is 1. The van der Waals surface area contributed by atoms with Crippen LogP contribution in [0.15, 0.2) is 29.2 Å². The highest BCUT2D eigenvalue weighted by molar-refractivity contribution is 7.89. The molecule has 2 N–H and O–H groups in total. The number of nitrogens with one attached hydrogen (secondary N) is 2. The molecule has 0 aliphatic rings. The summed E-state index contributed by atoms with van der Waals surface area (Å²) in [5.74, 6) is -0.552. The van der Waals surface area contributed by atoms with Crippen molar-refractivity contribution in [1.82, 2.24) is 14.9 Å². The van der Waals surface area contributed by atoms with Crippen LogP contribution in [0.25, 0.3) is 0 Å². The van der Waals surface area contributed by atoms with E-state index in [1.54, 1.807) is 0 Å². The van der Waals surface area contributed by atoms with E-state index in [2.05, 4.69) is 5.32 Å². The maximum atomic E-state index is 12.6. The molecule has 6 nitrogen and oxygen atoms in total. The minimum atomic E-state index is -4.64. The average molecular weight is 367 g/mol. The van der Waals surface area contributed by atoms with Gasteiger partial charge >= 0.3 is 6.18 Å². The molecule has 10 heteroatoms. The first kappa shape index (κ1) is 20.4. The SMILES string of the molecule is CN(C)CCCNC(=O)CNS(=O)(=O)c1cccc(C(F)(F)F)c1. The van der Waals surface area contributed by atoms with Gasteiger partial charge in [0.15, 0.2) is 0 Å². The fourth-order valence-electron chi connectivity index (χ4n) is 1.77. The minimum Gasteiger partial charge on any atom is -0.355 e. The molecule has 0 saturated heterocycles. The van der Waals surface area contributed by atoms with Crippen molar-refractivity contribution < 1.29 is 26.4 Å². The lowest BCUT2D eigenvalue weighted by Gasteiger charge is -2.11. The number of carbonyl (C=O) groups is 1. The number of hydrogen-bond donors (Lipinski definition) is 2. The van der Waals surface area contributed by atoms with Crippen LogP contribution in [0.5, 0.6) is 0 Å². The lowest BCUT2D eigenvalue weighted by Crippen LogP contribution is -2.37. The molecular weight excluding hydrogens is 347 g/mol. The number of amides is 1. The number of hydrogen-bond acceptors (Lipinski definition) is 4. The van der Waals surface area contributed by atoms with Gasteiger partial charge in [0.2, 0.25) is 15.9 Å². The summed E-state index contributed by atoms with van der Waals surface area (Å²) >= 11 is 0. The number of halogens is 3. The summed E-state index contributed by atoms with van der Waals surface area (Å²) in [4.78, 5) is 12.9. The Morgan fingerprint density at radius 3 is 2.50 bits per heavy atom. The Morgan fingerprint density at radius 1 is 1.25 bits per heavy atom. The Kier molecular flexibility index (Phi) is 7.18. The third kappa shape index (κ3) is 6.85. The number of rotatable bonds is 8. The van der Waals surface area contributed by atoms with Gasteiger partial charge < -0.3 is 10.2 Å². The van der Waals surface area contributed by atoms with Crippen LogP contribution in [-0.2, 0) is 21.0 Å². The van der Waals surface area contributed by atoms with E-state index >= 15 is 0 Å². The minimum absolute atomic E-state index is 0.377. The van der Waals surface area contributed by atoms with E-state index in [1.807, 2.05) is 23.7 Å². The summed E-state index contributed by atoms with van der Waals surface area (Å²) in [5.41, 5.74) is -1.07. The summed E-state index contributed by atoms with van der Waals surface area (Å²) in [6.07, 6.45) is -3.95. The highest BCUT2D eigenvalue weighted by Crippen LogP contribution is 2.30. The standard InChI is InChI=1S/C14H20F3N3O3S/c1-20(2)8-4-7-18-13(21)10-19-24(22,23)12-6-3-5-11(9-12)14(15,16)17/h3,5-6,9,19H,4,7-8,10H2,1-2H3,(H,18,21). The first-order valence-electron chi connectivity index (χ1n) is 7.11. The van der Waals surface area contributed by atoms with Crippen LogP contribution in [0.4, 0.5) is 13.2 Å². The molecule has 1 amide bonds. The van der Waals surface area contributed by atoms with Crippen LogP contribution in [-0.4, -0.2) is 53.0 Å². The molecule has 0 heterocycles. The fraction of sp³-hybridized carbons (Fsp3) is 0.500. The third-order valence-corrected chi connectivity index (χ3v) is 4.40. The van der Waals surface area contributed by atoms with Gasteiger partial charge in [0.05, 0.1) is 17.0 Å². The fourth-order valence-corrected chi connectivity index (χ4v) is 2.80. The highest BCUT2D eigenvalue weighted by atomic mass is 32.2. The van der Waals surface area contributed by atoms with Crippen LogP contribution in [0.2, 0.25) is 0 Å². The molecular formula is C14H20F3N3O3S.